The van der Waals surface area contributed by atoms with Gasteiger partial charge in [-0.05, 0) is 54.8 Å². The number of thiophene rings is 1. The van der Waals surface area contributed by atoms with Crippen molar-refractivity contribution >= 4 is 17.2 Å². The molecule has 1 aliphatic rings. The first-order valence-corrected chi connectivity index (χ1v) is 9.04. The summed E-state index contributed by atoms with van der Waals surface area (Å²) >= 11 is 1.74. The minimum Gasteiger partial charge on any atom is -0.337 e. The van der Waals surface area contributed by atoms with E-state index < -0.39 is 0 Å². The van der Waals surface area contributed by atoms with Crippen LogP contribution in [0.25, 0.3) is 0 Å². The predicted molar refractivity (Wildman–Crippen MR) is 93.8 cm³/mol. The predicted octanol–water partition coefficient (Wildman–Crippen LogP) is 3.11. The number of aromatic nitrogens is 1. The highest BCUT2D eigenvalue weighted by Gasteiger charge is 2.21. The Balaban J connectivity index is 1.64. The zero-order valence-corrected chi connectivity index (χ0v) is 14.6. The van der Waals surface area contributed by atoms with Crippen LogP contribution in [-0.2, 0) is 6.54 Å². The van der Waals surface area contributed by atoms with Crippen molar-refractivity contribution in [1.82, 2.24) is 14.8 Å². The van der Waals surface area contributed by atoms with E-state index in [4.69, 9.17) is 0 Å². The Labute approximate surface area is 141 Å². The van der Waals surface area contributed by atoms with Crippen molar-refractivity contribution in [3.8, 4) is 0 Å². The zero-order valence-electron chi connectivity index (χ0n) is 13.8. The quantitative estimate of drug-likeness (QED) is 0.868. The molecule has 5 heteroatoms. The van der Waals surface area contributed by atoms with Crippen LogP contribution in [0.2, 0.25) is 0 Å². The van der Waals surface area contributed by atoms with Gasteiger partial charge < -0.3 is 4.90 Å². The number of carbonyl (C=O) groups is 1. The van der Waals surface area contributed by atoms with Crippen molar-refractivity contribution in [2.24, 2.45) is 0 Å². The molecule has 23 heavy (non-hydrogen) atoms. The van der Waals surface area contributed by atoms with E-state index in [1.807, 2.05) is 30.9 Å². The lowest BCUT2D eigenvalue weighted by atomic mass is 10.1. The second kappa shape index (κ2) is 7.23. The molecule has 3 rings (SSSR count). The Bertz CT molecular complexity index is 649. The Morgan fingerprint density at radius 1 is 1.17 bits per heavy atom. The van der Waals surface area contributed by atoms with Gasteiger partial charge in [0.2, 0.25) is 0 Å². The standard InChI is InChI=1S/C18H23N3OS/c1-14-10-17(11-15(2)19-14)18(22)21-6-3-5-20(7-8-21)12-16-4-9-23-13-16/h4,9-11,13H,3,5-8,12H2,1-2H3. The molecule has 2 aromatic rings. The lowest BCUT2D eigenvalue weighted by Crippen LogP contribution is -2.35. The summed E-state index contributed by atoms with van der Waals surface area (Å²) in [5.74, 6) is 0.135. The maximum Gasteiger partial charge on any atom is 0.254 e. The molecule has 3 heterocycles. The average molecular weight is 329 g/mol. The van der Waals surface area contributed by atoms with Gasteiger partial charge in [0.25, 0.3) is 5.91 Å². The molecule has 1 amide bonds. The van der Waals surface area contributed by atoms with Crippen molar-refractivity contribution in [2.45, 2.75) is 26.8 Å². The van der Waals surface area contributed by atoms with E-state index >= 15 is 0 Å². The van der Waals surface area contributed by atoms with Crippen LogP contribution in [-0.4, -0.2) is 46.9 Å². The van der Waals surface area contributed by atoms with Gasteiger partial charge >= 0.3 is 0 Å². The summed E-state index contributed by atoms with van der Waals surface area (Å²) in [6.45, 7) is 8.48. The van der Waals surface area contributed by atoms with E-state index in [0.717, 1.165) is 56.1 Å². The average Bonchev–Trinajstić information content (AvgIpc) is 2.90. The lowest BCUT2D eigenvalue weighted by molar-refractivity contribution is 0.0760. The van der Waals surface area contributed by atoms with Gasteiger partial charge in [-0.3, -0.25) is 14.7 Å². The lowest BCUT2D eigenvalue weighted by Gasteiger charge is -2.22. The minimum atomic E-state index is 0.135. The molecule has 0 radical (unpaired) electrons. The Morgan fingerprint density at radius 2 is 1.96 bits per heavy atom. The highest BCUT2D eigenvalue weighted by molar-refractivity contribution is 7.07. The van der Waals surface area contributed by atoms with Crippen molar-refractivity contribution in [2.75, 3.05) is 26.2 Å². The van der Waals surface area contributed by atoms with Crippen molar-refractivity contribution in [3.05, 3.63) is 51.5 Å². The highest BCUT2D eigenvalue weighted by atomic mass is 32.1. The van der Waals surface area contributed by atoms with Crippen LogP contribution < -0.4 is 0 Å². The van der Waals surface area contributed by atoms with E-state index in [2.05, 4.69) is 26.7 Å². The second-order valence-corrected chi connectivity index (χ2v) is 6.97. The molecule has 122 valence electrons. The fourth-order valence-corrected chi connectivity index (χ4v) is 3.77. The van der Waals surface area contributed by atoms with E-state index in [1.54, 1.807) is 11.3 Å². The maximum atomic E-state index is 12.8. The molecule has 1 aliphatic heterocycles. The fraction of sp³-hybridized carbons (Fsp3) is 0.444. The monoisotopic (exact) mass is 329 g/mol. The van der Waals surface area contributed by atoms with Gasteiger partial charge in [0.05, 0.1) is 0 Å². The molecule has 0 aromatic carbocycles. The van der Waals surface area contributed by atoms with E-state index in [9.17, 15) is 4.79 Å². The molecular formula is C18H23N3OS. The topological polar surface area (TPSA) is 36.4 Å². The van der Waals surface area contributed by atoms with E-state index in [1.165, 1.54) is 5.56 Å². The summed E-state index contributed by atoms with van der Waals surface area (Å²) in [6.07, 6.45) is 1.03. The third kappa shape index (κ3) is 4.18. The Hall–Kier alpha value is -1.72. The third-order valence-electron chi connectivity index (χ3n) is 4.19. The summed E-state index contributed by atoms with van der Waals surface area (Å²) in [4.78, 5) is 21.5. The summed E-state index contributed by atoms with van der Waals surface area (Å²) in [5.41, 5.74) is 3.95. The summed E-state index contributed by atoms with van der Waals surface area (Å²) < 4.78 is 0. The van der Waals surface area contributed by atoms with Crippen LogP contribution in [0.3, 0.4) is 0 Å². The molecule has 0 spiro atoms. The second-order valence-electron chi connectivity index (χ2n) is 6.19. The van der Waals surface area contributed by atoms with Crippen molar-refractivity contribution in [3.63, 3.8) is 0 Å². The van der Waals surface area contributed by atoms with Crippen LogP contribution in [0.5, 0.6) is 0 Å². The molecule has 0 atom stereocenters. The molecule has 0 unspecified atom stereocenters. The van der Waals surface area contributed by atoms with Gasteiger partial charge in [-0.2, -0.15) is 11.3 Å². The van der Waals surface area contributed by atoms with Gasteiger partial charge in [-0.25, -0.2) is 0 Å². The number of nitrogens with zero attached hydrogens (tertiary/aromatic N) is 3. The molecular weight excluding hydrogens is 306 g/mol. The zero-order chi connectivity index (χ0) is 16.2. The maximum absolute atomic E-state index is 12.8. The van der Waals surface area contributed by atoms with Gasteiger partial charge in [-0.1, -0.05) is 0 Å². The SMILES string of the molecule is Cc1cc(C(=O)N2CCCN(Cc3ccsc3)CC2)cc(C)n1. The normalized spacial score (nSPS) is 16.3. The van der Waals surface area contributed by atoms with Crippen LogP contribution >= 0.6 is 11.3 Å². The molecule has 1 fully saturated rings. The third-order valence-corrected chi connectivity index (χ3v) is 4.92. The van der Waals surface area contributed by atoms with Crippen LogP contribution in [0, 0.1) is 13.8 Å². The number of amides is 1. The van der Waals surface area contributed by atoms with Crippen molar-refractivity contribution in [1.29, 1.82) is 0 Å². The van der Waals surface area contributed by atoms with Crippen LogP contribution in [0.1, 0.15) is 33.7 Å². The van der Waals surface area contributed by atoms with Gasteiger partial charge in [0.1, 0.15) is 0 Å². The number of hydrogen-bond donors (Lipinski definition) is 0. The number of hydrogen-bond acceptors (Lipinski definition) is 4. The molecule has 0 N–H and O–H groups in total. The van der Waals surface area contributed by atoms with E-state index in [0.29, 0.717) is 0 Å². The van der Waals surface area contributed by atoms with Crippen LogP contribution in [0.15, 0.2) is 29.0 Å². The van der Waals surface area contributed by atoms with Crippen LogP contribution in [0.4, 0.5) is 0 Å². The summed E-state index contributed by atoms with van der Waals surface area (Å²) in [7, 11) is 0. The number of aryl methyl sites for hydroxylation is 2. The molecule has 1 saturated heterocycles. The number of rotatable bonds is 3. The molecule has 0 bridgehead atoms. The first-order valence-electron chi connectivity index (χ1n) is 8.10. The van der Waals surface area contributed by atoms with Gasteiger partial charge in [0.15, 0.2) is 0 Å². The first kappa shape index (κ1) is 16.1. The van der Waals surface area contributed by atoms with E-state index in [-0.39, 0.29) is 5.91 Å². The minimum absolute atomic E-state index is 0.135. The molecule has 4 nitrogen and oxygen atoms in total. The molecule has 2 aromatic heterocycles. The summed E-state index contributed by atoms with van der Waals surface area (Å²) in [5, 5.41) is 4.33. The number of carbonyl (C=O) groups excluding carboxylic acids is 1. The first-order chi connectivity index (χ1) is 11.1. The van der Waals surface area contributed by atoms with Gasteiger partial charge in [0, 0.05) is 49.7 Å². The molecule has 0 aliphatic carbocycles. The summed E-state index contributed by atoms with van der Waals surface area (Å²) in [6, 6.07) is 5.97. The highest BCUT2D eigenvalue weighted by Crippen LogP contribution is 2.14. The molecule has 0 saturated carbocycles. The Kier molecular flexibility index (Phi) is 5.08. The number of pyridine rings is 1. The largest absolute Gasteiger partial charge is 0.337 e. The Morgan fingerprint density at radius 3 is 2.65 bits per heavy atom. The van der Waals surface area contributed by atoms with Crippen molar-refractivity contribution < 1.29 is 4.79 Å². The van der Waals surface area contributed by atoms with Gasteiger partial charge in [-0.15, -0.1) is 0 Å². The fourth-order valence-electron chi connectivity index (χ4n) is 3.11. The smallest absolute Gasteiger partial charge is 0.254 e.